The molecule has 0 aromatic heterocycles. The van der Waals surface area contributed by atoms with Crippen LogP contribution in [-0.2, 0) is 0 Å². The zero-order valence-corrected chi connectivity index (χ0v) is 37.5. The highest BCUT2D eigenvalue weighted by Crippen LogP contribution is 2.48. The Bertz CT molecular complexity index is 3450. The molecule has 2 nitrogen and oxygen atoms in total. The Morgan fingerprint density at radius 3 is 0.882 bits per heavy atom. The maximum Gasteiger partial charge on any atom is 0.0546 e. The van der Waals surface area contributed by atoms with Crippen molar-refractivity contribution in [1.29, 1.82) is 0 Å². The van der Waals surface area contributed by atoms with Gasteiger partial charge in [-0.1, -0.05) is 194 Å². The van der Waals surface area contributed by atoms with Crippen LogP contribution in [0.1, 0.15) is 0 Å². The normalized spacial score (nSPS) is 11.2. The molecule has 68 heavy (non-hydrogen) atoms. The Hall–Kier alpha value is -8.98. The lowest BCUT2D eigenvalue weighted by atomic mass is 9.93. The number of nitrogens with zero attached hydrogens (tertiary/aromatic N) is 2. The van der Waals surface area contributed by atoms with Gasteiger partial charge in [0.25, 0.3) is 0 Å². The van der Waals surface area contributed by atoms with E-state index < -0.39 is 0 Å². The van der Waals surface area contributed by atoms with E-state index in [0.29, 0.717) is 0 Å². The zero-order valence-electron chi connectivity index (χ0n) is 37.5. The summed E-state index contributed by atoms with van der Waals surface area (Å²) in [5, 5.41) is 7.26. The van der Waals surface area contributed by atoms with Crippen molar-refractivity contribution < 1.29 is 0 Å². The molecule has 0 spiro atoms. The summed E-state index contributed by atoms with van der Waals surface area (Å²) in [6, 6.07) is 101. The smallest absolute Gasteiger partial charge is 0.0546 e. The molecule has 0 aliphatic carbocycles. The lowest BCUT2D eigenvalue weighted by Crippen LogP contribution is -2.12. The third-order valence-electron chi connectivity index (χ3n) is 13.2. The van der Waals surface area contributed by atoms with E-state index >= 15 is 0 Å². The van der Waals surface area contributed by atoms with E-state index in [1.54, 1.807) is 0 Å². The summed E-state index contributed by atoms with van der Waals surface area (Å²) in [7, 11) is 0. The predicted molar refractivity (Wildman–Crippen MR) is 290 cm³/mol. The van der Waals surface area contributed by atoms with Crippen molar-refractivity contribution in [3.63, 3.8) is 0 Å². The number of hydrogen-bond donors (Lipinski definition) is 0. The second-order valence-electron chi connectivity index (χ2n) is 17.4. The van der Waals surface area contributed by atoms with Crippen LogP contribution in [0.4, 0.5) is 34.1 Å². The second kappa shape index (κ2) is 17.8. The predicted octanol–water partition coefficient (Wildman–Crippen LogP) is 18.8. The van der Waals surface area contributed by atoms with Crippen molar-refractivity contribution >= 4 is 66.4 Å². The zero-order chi connectivity index (χ0) is 45.2. The van der Waals surface area contributed by atoms with Crippen molar-refractivity contribution in [2.24, 2.45) is 0 Å². The lowest BCUT2D eigenvalue weighted by Gasteiger charge is -2.30. The molecule has 0 aliphatic heterocycles. The minimum absolute atomic E-state index is 1.08. The molecule has 2 heteroatoms. The second-order valence-corrected chi connectivity index (χ2v) is 17.4. The van der Waals surface area contributed by atoms with Gasteiger partial charge in [-0.25, -0.2) is 0 Å². The van der Waals surface area contributed by atoms with Gasteiger partial charge in [0.15, 0.2) is 0 Å². The summed E-state index contributed by atoms with van der Waals surface area (Å²) in [4.78, 5) is 4.83. The van der Waals surface area contributed by atoms with Gasteiger partial charge in [0.05, 0.1) is 11.4 Å². The molecule has 0 fully saturated rings. The fourth-order valence-corrected chi connectivity index (χ4v) is 9.75. The van der Waals surface area contributed by atoms with E-state index in [0.717, 1.165) is 67.2 Å². The van der Waals surface area contributed by atoms with Crippen LogP contribution < -0.4 is 9.80 Å². The first kappa shape index (κ1) is 40.5. The van der Waals surface area contributed by atoms with Gasteiger partial charge in [-0.3, -0.25) is 0 Å². The molecule has 0 amide bonds. The third-order valence-corrected chi connectivity index (χ3v) is 13.2. The van der Waals surface area contributed by atoms with Crippen molar-refractivity contribution in [2.75, 3.05) is 9.80 Å². The molecule has 0 bridgehead atoms. The monoisotopic (exact) mass is 866 g/mol. The molecule has 0 saturated heterocycles. The highest BCUT2D eigenvalue weighted by Gasteiger charge is 2.23. The Labute approximate surface area is 397 Å². The molecule has 0 heterocycles. The maximum atomic E-state index is 2.41. The third kappa shape index (κ3) is 7.85. The van der Waals surface area contributed by atoms with Crippen LogP contribution in [-0.4, -0.2) is 0 Å². The van der Waals surface area contributed by atoms with Crippen LogP contribution in [0.25, 0.3) is 76.8 Å². The number of rotatable bonds is 10. The molecule has 0 saturated carbocycles. The van der Waals surface area contributed by atoms with E-state index in [-0.39, 0.29) is 0 Å². The topological polar surface area (TPSA) is 6.48 Å². The van der Waals surface area contributed by atoms with Gasteiger partial charge in [0.1, 0.15) is 0 Å². The maximum absolute atomic E-state index is 2.41. The molecule has 12 rings (SSSR count). The molecule has 12 aromatic rings. The van der Waals surface area contributed by atoms with Crippen LogP contribution in [0.5, 0.6) is 0 Å². The first-order valence-corrected chi connectivity index (χ1v) is 23.3. The van der Waals surface area contributed by atoms with Crippen molar-refractivity contribution in [2.45, 2.75) is 0 Å². The summed E-state index contributed by atoms with van der Waals surface area (Å²) >= 11 is 0. The molecule has 12 aromatic carbocycles. The molecule has 0 aliphatic rings. The van der Waals surface area contributed by atoms with Gasteiger partial charge in [-0.15, -0.1) is 0 Å². The van der Waals surface area contributed by atoms with Crippen LogP contribution in [0.2, 0.25) is 0 Å². The average Bonchev–Trinajstić information content (AvgIpc) is 3.42. The Kier molecular flexibility index (Phi) is 10.6. The standard InChI is InChI=1S/C66H46N2/c1-5-19-51(20-6-1)63-43-57-44-64(52-21-7-2-8-22-52)66(68(60-27-11-4-12-28-60)62-39-35-50(36-40-62)56-32-30-48-18-14-16-24-54(48)42-56)46-58(57)45-65(63)67(59-25-9-3-10-26-59)61-37-33-49(34-38-61)55-31-29-47-17-13-15-23-53(47)41-55/h1-46H. The van der Waals surface area contributed by atoms with Crippen molar-refractivity contribution in [1.82, 2.24) is 0 Å². The number of hydrogen-bond acceptors (Lipinski definition) is 2. The summed E-state index contributed by atoms with van der Waals surface area (Å²) < 4.78 is 0. The molecule has 320 valence electrons. The highest BCUT2D eigenvalue weighted by atomic mass is 15.2. The molecular formula is C66H46N2. The Balaban J connectivity index is 1.05. The fourth-order valence-electron chi connectivity index (χ4n) is 9.75. The highest BCUT2D eigenvalue weighted by molar-refractivity contribution is 6.04. The molecule has 0 N–H and O–H groups in total. The van der Waals surface area contributed by atoms with Gasteiger partial charge >= 0.3 is 0 Å². The number of para-hydroxylation sites is 2. The number of fused-ring (bicyclic) bond motifs is 3. The first-order valence-electron chi connectivity index (χ1n) is 23.3. The average molecular weight is 867 g/mol. The summed E-state index contributed by atoms with van der Waals surface area (Å²) in [6.07, 6.45) is 0. The molecule has 0 radical (unpaired) electrons. The van der Waals surface area contributed by atoms with Gasteiger partial charge < -0.3 is 9.80 Å². The Morgan fingerprint density at radius 1 is 0.176 bits per heavy atom. The van der Waals surface area contributed by atoms with E-state index in [1.807, 2.05) is 0 Å². The summed E-state index contributed by atoms with van der Waals surface area (Å²) in [5.41, 5.74) is 15.9. The number of benzene rings is 12. The summed E-state index contributed by atoms with van der Waals surface area (Å²) in [5.74, 6) is 0. The van der Waals surface area contributed by atoms with E-state index in [1.165, 1.54) is 43.8 Å². The van der Waals surface area contributed by atoms with Crippen LogP contribution in [0.3, 0.4) is 0 Å². The van der Waals surface area contributed by atoms with Crippen LogP contribution in [0.15, 0.2) is 279 Å². The lowest BCUT2D eigenvalue weighted by molar-refractivity contribution is 1.28. The van der Waals surface area contributed by atoms with Gasteiger partial charge in [-0.05, 0) is 151 Å². The first-order chi connectivity index (χ1) is 33.7. The van der Waals surface area contributed by atoms with E-state index in [4.69, 9.17) is 0 Å². The number of anilines is 6. The van der Waals surface area contributed by atoms with Crippen molar-refractivity contribution in [3.8, 4) is 44.5 Å². The quantitative estimate of drug-likeness (QED) is 0.135. The van der Waals surface area contributed by atoms with Crippen LogP contribution >= 0.6 is 0 Å². The van der Waals surface area contributed by atoms with Gasteiger partial charge in [0.2, 0.25) is 0 Å². The molecular weight excluding hydrogens is 821 g/mol. The SMILES string of the molecule is c1ccc(-c2cc3cc(-c4ccccc4)c(N(c4ccccc4)c4ccc(-c5ccc6ccccc6c5)cc4)cc3cc2N(c2ccccc2)c2ccc(-c3ccc4ccccc4c3)cc2)cc1. The van der Waals surface area contributed by atoms with Gasteiger partial charge in [-0.2, -0.15) is 0 Å². The minimum atomic E-state index is 1.08. The molecule has 0 unspecified atom stereocenters. The van der Waals surface area contributed by atoms with Crippen LogP contribution in [0, 0.1) is 0 Å². The minimum Gasteiger partial charge on any atom is -0.310 e. The Morgan fingerprint density at radius 2 is 0.485 bits per heavy atom. The van der Waals surface area contributed by atoms with E-state index in [2.05, 4.69) is 289 Å². The molecule has 0 atom stereocenters. The fraction of sp³-hybridized carbons (Fsp3) is 0. The van der Waals surface area contributed by atoms with E-state index in [9.17, 15) is 0 Å². The summed E-state index contributed by atoms with van der Waals surface area (Å²) in [6.45, 7) is 0. The van der Waals surface area contributed by atoms with Gasteiger partial charge in [0, 0.05) is 33.9 Å². The van der Waals surface area contributed by atoms with Crippen molar-refractivity contribution in [3.05, 3.63) is 279 Å². The largest absolute Gasteiger partial charge is 0.310 e.